The van der Waals surface area contributed by atoms with Crippen LogP contribution in [0.3, 0.4) is 0 Å². The van der Waals surface area contributed by atoms with Crippen LogP contribution in [0, 0.1) is 0 Å². The first-order chi connectivity index (χ1) is 32.6. The molecule has 0 fully saturated rings. The standard InChI is InChI=1S/C61H46N4O/c1-62-55-33-15-17-35-57(55)65(66)50-29-18-28-48(41-50)61(46-24-10-4-11-25-46,47-26-12-5-13-27-47)49-36-37-54-53-30-14-16-34-56(53)64(58(54)42-49)59-40-45(38-39-63-59)60-51(43-20-6-2-7-21-43)31-19-32-52(60)44-22-8-3-9-23-44/h2-42,62,66H,1H3. The number of benzene rings is 9. The van der Waals surface area contributed by atoms with Gasteiger partial charge in [0.15, 0.2) is 0 Å². The lowest BCUT2D eigenvalue weighted by atomic mass is 9.65. The van der Waals surface area contributed by atoms with Crippen molar-refractivity contribution in [3.8, 4) is 39.2 Å². The number of nitrogens with zero attached hydrogens (tertiary/aromatic N) is 3. The smallest absolute Gasteiger partial charge is 0.138 e. The second-order valence-electron chi connectivity index (χ2n) is 16.6. The minimum atomic E-state index is -0.814. The summed E-state index contributed by atoms with van der Waals surface area (Å²) in [5.41, 5.74) is 14.6. The van der Waals surface area contributed by atoms with E-state index >= 15 is 0 Å². The highest BCUT2D eigenvalue weighted by atomic mass is 16.5. The largest absolute Gasteiger partial charge is 0.386 e. The van der Waals surface area contributed by atoms with Crippen LogP contribution in [-0.4, -0.2) is 21.8 Å². The molecule has 2 heterocycles. The summed E-state index contributed by atoms with van der Waals surface area (Å²) >= 11 is 0. The molecular weight excluding hydrogens is 805 g/mol. The minimum Gasteiger partial charge on any atom is -0.386 e. The van der Waals surface area contributed by atoms with Gasteiger partial charge < -0.3 is 5.32 Å². The molecule has 0 amide bonds. The lowest BCUT2D eigenvalue weighted by Gasteiger charge is -2.37. The molecule has 11 rings (SSSR count). The first kappa shape index (κ1) is 40.3. The highest BCUT2D eigenvalue weighted by Gasteiger charge is 2.39. The Morgan fingerprint density at radius 3 is 1.67 bits per heavy atom. The molecule has 0 aliphatic carbocycles. The summed E-state index contributed by atoms with van der Waals surface area (Å²) < 4.78 is 2.33. The molecule has 316 valence electrons. The summed E-state index contributed by atoms with van der Waals surface area (Å²) in [4.78, 5) is 5.18. The lowest BCUT2D eigenvalue weighted by Crippen LogP contribution is -2.31. The predicted octanol–water partition coefficient (Wildman–Crippen LogP) is 15.1. The van der Waals surface area contributed by atoms with Crippen molar-refractivity contribution in [3.05, 3.63) is 271 Å². The van der Waals surface area contributed by atoms with Gasteiger partial charge in [0.1, 0.15) is 5.82 Å². The average Bonchev–Trinajstić information content (AvgIpc) is 3.73. The Hall–Kier alpha value is -8.51. The molecule has 66 heavy (non-hydrogen) atoms. The normalized spacial score (nSPS) is 11.5. The van der Waals surface area contributed by atoms with E-state index in [0.29, 0.717) is 11.4 Å². The first-order valence-corrected chi connectivity index (χ1v) is 22.4. The number of rotatable bonds is 11. The molecule has 0 unspecified atom stereocenters. The van der Waals surface area contributed by atoms with Crippen molar-refractivity contribution >= 4 is 38.9 Å². The third-order valence-electron chi connectivity index (χ3n) is 12.9. The van der Waals surface area contributed by atoms with Gasteiger partial charge in [-0.3, -0.25) is 9.77 Å². The van der Waals surface area contributed by atoms with Crippen molar-refractivity contribution < 1.29 is 5.21 Å². The quantitative estimate of drug-likeness (QED) is 0.101. The molecule has 9 aromatic carbocycles. The molecule has 0 radical (unpaired) electrons. The van der Waals surface area contributed by atoms with Crippen LogP contribution in [0.2, 0.25) is 0 Å². The van der Waals surface area contributed by atoms with E-state index in [1.165, 1.54) is 5.06 Å². The monoisotopic (exact) mass is 850 g/mol. The molecule has 0 saturated carbocycles. The van der Waals surface area contributed by atoms with E-state index in [4.69, 9.17) is 4.98 Å². The Morgan fingerprint density at radius 1 is 0.455 bits per heavy atom. The number of para-hydroxylation sites is 3. The summed E-state index contributed by atoms with van der Waals surface area (Å²) in [5.74, 6) is 0.823. The molecule has 0 aliphatic rings. The zero-order valence-corrected chi connectivity index (χ0v) is 36.5. The number of nitrogens with one attached hydrogen (secondary N) is 1. The van der Waals surface area contributed by atoms with Crippen LogP contribution in [0.15, 0.2) is 249 Å². The third kappa shape index (κ3) is 6.90. The highest BCUT2D eigenvalue weighted by Crippen LogP contribution is 2.48. The van der Waals surface area contributed by atoms with Gasteiger partial charge in [0.05, 0.1) is 33.5 Å². The Morgan fingerprint density at radius 2 is 1.00 bits per heavy atom. The molecular formula is C61H46N4O. The number of pyridine rings is 1. The van der Waals surface area contributed by atoms with E-state index in [9.17, 15) is 5.21 Å². The first-order valence-electron chi connectivity index (χ1n) is 22.4. The van der Waals surface area contributed by atoms with Gasteiger partial charge in [0.2, 0.25) is 0 Å². The minimum absolute atomic E-state index is 0.647. The third-order valence-corrected chi connectivity index (χ3v) is 12.9. The lowest BCUT2D eigenvalue weighted by molar-refractivity contribution is 0.301. The van der Waals surface area contributed by atoms with Gasteiger partial charge >= 0.3 is 0 Å². The number of anilines is 3. The van der Waals surface area contributed by atoms with Crippen molar-refractivity contribution in [2.24, 2.45) is 0 Å². The van der Waals surface area contributed by atoms with E-state index in [0.717, 1.165) is 88.9 Å². The average molecular weight is 851 g/mol. The molecule has 0 spiro atoms. The molecule has 0 atom stereocenters. The Bertz CT molecular complexity index is 3380. The number of hydrogen-bond acceptors (Lipinski definition) is 4. The summed E-state index contributed by atoms with van der Waals surface area (Å²) in [7, 11) is 1.87. The van der Waals surface area contributed by atoms with E-state index in [1.54, 1.807) is 0 Å². The van der Waals surface area contributed by atoms with Crippen LogP contribution in [0.5, 0.6) is 0 Å². The Balaban J connectivity index is 1.17. The summed E-state index contributed by atoms with van der Waals surface area (Å²) in [6.45, 7) is 0. The van der Waals surface area contributed by atoms with Crippen LogP contribution >= 0.6 is 0 Å². The van der Waals surface area contributed by atoms with Crippen molar-refractivity contribution in [2.45, 2.75) is 5.41 Å². The maximum absolute atomic E-state index is 11.9. The molecule has 5 heteroatoms. The van der Waals surface area contributed by atoms with Crippen LogP contribution in [-0.2, 0) is 5.41 Å². The van der Waals surface area contributed by atoms with Crippen LogP contribution in [0.25, 0.3) is 61.0 Å². The fourth-order valence-corrected chi connectivity index (χ4v) is 9.98. The van der Waals surface area contributed by atoms with E-state index < -0.39 is 5.41 Å². The van der Waals surface area contributed by atoms with Gasteiger partial charge in [-0.1, -0.05) is 194 Å². The molecule has 0 bridgehead atoms. The van der Waals surface area contributed by atoms with Crippen molar-refractivity contribution in [2.75, 3.05) is 17.4 Å². The molecule has 5 nitrogen and oxygen atoms in total. The van der Waals surface area contributed by atoms with Gasteiger partial charge in [-0.2, -0.15) is 0 Å². The maximum atomic E-state index is 11.9. The van der Waals surface area contributed by atoms with E-state index in [-0.39, 0.29) is 0 Å². The van der Waals surface area contributed by atoms with E-state index in [2.05, 4.69) is 216 Å². The van der Waals surface area contributed by atoms with E-state index in [1.807, 2.05) is 49.6 Å². The second-order valence-corrected chi connectivity index (χ2v) is 16.6. The molecule has 2 aromatic heterocycles. The fourth-order valence-electron chi connectivity index (χ4n) is 9.98. The number of hydrogen-bond donors (Lipinski definition) is 2. The second kappa shape index (κ2) is 17.2. The Kier molecular flexibility index (Phi) is 10.5. The maximum Gasteiger partial charge on any atom is 0.138 e. The van der Waals surface area contributed by atoms with Crippen LogP contribution in [0.4, 0.5) is 17.1 Å². The molecule has 2 N–H and O–H groups in total. The number of fused-ring (bicyclic) bond motifs is 3. The molecule has 11 aromatic rings. The van der Waals surface area contributed by atoms with Crippen molar-refractivity contribution in [1.82, 2.24) is 9.55 Å². The summed E-state index contributed by atoms with van der Waals surface area (Å²) in [6.07, 6.45) is 1.95. The van der Waals surface area contributed by atoms with Gasteiger partial charge in [0, 0.05) is 24.0 Å². The zero-order chi connectivity index (χ0) is 44.5. The molecule has 0 aliphatic heterocycles. The molecule has 0 saturated heterocycles. The summed E-state index contributed by atoms with van der Waals surface area (Å²) in [6, 6.07) is 85.3. The van der Waals surface area contributed by atoms with Crippen LogP contribution in [0.1, 0.15) is 22.3 Å². The zero-order valence-electron chi connectivity index (χ0n) is 36.5. The van der Waals surface area contributed by atoms with Gasteiger partial charge in [0.25, 0.3) is 0 Å². The topological polar surface area (TPSA) is 53.3 Å². The Labute approximate surface area is 385 Å². The van der Waals surface area contributed by atoms with Gasteiger partial charge in [-0.05, 0) is 104 Å². The fraction of sp³-hybridized carbons (Fsp3) is 0.0328. The van der Waals surface area contributed by atoms with Crippen molar-refractivity contribution in [1.29, 1.82) is 0 Å². The van der Waals surface area contributed by atoms with Gasteiger partial charge in [-0.15, -0.1) is 0 Å². The van der Waals surface area contributed by atoms with Crippen molar-refractivity contribution in [3.63, 3.8) is 0 Å². The number of aromatic nitrogens is 2. The van der Waals surface area contributed by atoms with Gasteiger partial charge in [-0.25, -0.2) is 10.0 Å². The summed E-state index contributed by atoms with van der Waals surface area (Å²) in [5, 5.41) is 18.7. The SMILES string of the molecule is CNc1ccccc1N(O)c1cccc(C(c2ccccc2)(c2ccccc2)c2ccc3c4ccccc4n(-c4cc(-c5c(-c6ccccc6)cccc5-c5ccccc5)ccn4)c3c2)c1. The predicted molar refractivity (Wildman–Crippen MR) is 273 cm³/mol. The van der Waals surface area contributed by atoms with Crippen LogP contribution < -0.4 is 10.4 Å². The highest BCUT2D eigenvalue weighted by molar-refractivity contribution is 6.09.